The maximum absolute atomic E-state index is 12.1. The third kappa shape index (κ3) is 6.29. The van der Waals surface area contributed by atoms with Gasteiger partial charge in [0, 0.05) is 22.1 Å². The van der Waals surface area contributed by atoms with E-state index in [0.29, 0.717) is 17.3 Å². The molecule has 1 aromatic carbocycles. The predicted molar refractivity (Wildman–Crippen MR) is 108 cm³/mol. The third-order valence-electron chi connectivity index (χ3n) is 3.81. The molecule has 1 aromatic heterocycles. The number of anilines is 1. The fraction of sp³-hybridized carbons (Fsp3) is 0.333. The van der Waals surface area contributed by atoms with E-state index in [1.807, 2.05) is 30.9 Å². The average Bonchev–Trinajstić information content (AvgIpc) is 3.01. The quantitative estimate of drug-likeness (QED) is 0.688. The number of rotatable bonds is 8. The van der Waals surface area contributed by atoms with Crippen LogP contribution >= 0.6 is 34.5 Å². The van der Waals surface area contributed by atoms with Gasteiger partial charge in [0.15, 0.2) is 0 Å². The van der Waals surface area contributed by atoms with Gasteiger partial charge in [0.25, 0.3) is 0 Å². The maximum Gasteiger partial charge on any atom is 0.243 e. The molecule has 0 aliphatic heterocycles. The normalized spacial score (nSPS) is 10.8. The molecule has 2 aromatic rings. The summed E-state index contributed by atoms with van der Waals surface area (Å²) < 4.78 is 0.730. The van der Waals surface area contributed by atoms with Gasteiger partial charge in [-0.25, -0.2) is 0 Å². The molecule has 2 N–H and O–H groups in total. The minimum absolute atomic E-state index is 0.0901. The van der Waals surface area contributed by atoms with Crippen LogP contribution in [0.3, 0.4) is 0 Å². The highest BCUT2D eigenvalue weighted by molar-refractivity contribution is 7.16. The first-order valence-corrected chi connectivity index (χ1v) is 9.74. The van der Waals surface area contributed by atoms with Crippen LogP contribution in [0.4, 0.5) is 5.69 Å². The fourth-order valence-corrected chi connectivity index (χ4v) is 3.62. The van der Waals surface area contributed by atoms with Gasteiger partial charge in [-0.05, 0) is 43.3 Å². The molecule has 1 heterocycles. The Labute approximate surface area is 167 Å². The highest BCUT2D eigenvalue weighted by Gasteiger charge is 2.13. The van der Waals surface area contributed by atoms with Crippen LogP contribution in [0, 0.1) is 6.92 Å². The summed E-state index contributed by atoms with van der Waals surface area (Å²) in [5.41, 5.74) is 1.43. The third-order valence-corrected chi connectivity index (χ3v) is 5.44. The topological polar surface area (TPSA) is 61.4 Å². The molecule has 0 saturated carbocycles. The number of nitrogens with zero attached hydrogens (tertiary/aromatic N) is 1. The Balaban J connectivity index is 1.79. The molecule has 0 bridgehead atoms. The van der Waals surface area contributed by atoms with E-state index in [1.54, 1.807) is 18.2 Å². The Hall–Kier alpha value is -1.60. The van der Waals surface area contributed by atoms with Gasteiger partial charge in [0.05, 0.1) is 17.4 Å². The zero-order valence-electron chi connectivity index (χ0n) is 14.6. The van der Waals surface area contributed by atoms with Crippen LogP contribution in [-0.4, -0.2) is 36.3 Å². The van der Waals surface area contributed by atoms with Gasteiger partial charge in [-0.2, -0.15) is 0 Å². The lowest BCUT2D eigenvalue weighted by atomic mass is 10.2. The van der Waals surface area contributed by atoms with Crippen molar-refractivity contribution in [2.24, 2.45) is 0 Å². The van der Waals surface area contributed by atoms with E-state index >= 15 is 0 Å². The van der Waals surface area contributed by atoms with Crippen molar-refractivity contribution in [1.29, 1.82) is 0 Å². The number of carbonyl (C=O) groups excluding carboxylic acids is 2. The molecule has 0 saturated heterocycles. The predicted octanol–water partition coefficient (Wildman–Crippen LogP) is 3.94. The molecule has 2 amide bonds. The first-order valence-electron chi connectivity index (χ1n) is 8.17. The van der Waals surface area contributed by atoms with Crippen molar-refractivity contribution in [3.8, 4) is 0 Å². The second-order valence-corrected chi connectivity index (χ2v) is 7.95. The van der Waals surface area contributed by atoms with Crippen molar-refractivity contribution in [3.63, 3.8) is 0 Å². The van der Waals surface area contributed by atoms with Gasteiger partial charge in [-0.3, -0.25) is 14.5 Å². The van der Waals surface area contributed by atoms with E-state index in [1.165, 1.54) is 11.3 Å². The molecule has 0 aliphatic carbocycles. The number of hydrogen-bond acceptors (Lipinski definition) is 4. The number of benzene rings is 1. The maximum atomic E-state index is 12.1. The summed E-state index contributed by atoms with van der Waals surface area (Å²) in [5.74, 6) is -0.496. The van der Waals surface area contributed by atoms with Crippen molar-refractivity contribution in [3.05, 3.63) is 50.1 Å². The molecule has 0 unspecified atom stereocenters. The van der Waals surface area contributed by atoms with Crippen molar-refractivity contribution in [2.75, 3.05) is 25.0 Å². The first-order chi connectivity index (χ1) is 12.4. The van der Waals surface area contributed by atoms with Crippen LogP contribution in [0.5, 0.6) is 0 Å². The van der Waals surface area contributed by atoms with Gasteiger partial charge in [-0.15, -0.1) is 11.3 Å². The Morgan fingerprint density at radius 1 is 1.15 bits per heavy atom. The Morgan fingerprint density at radius 3 is 2.58 bits per heavy atom. The summed E-state index contributed by atoms with van der Waals surface area (Å²) in [4.78, 5) is 27.2. The number of nitrogens with one attached hydrogen (secondary N) is 2. The minimum Gasteiger partial charge on any atom is -0.346 e. The number of likely N-dealkylation sites (N-methyl/N-ethyl adjacent to an activating group) is 1. The number of hydrogen-bond donors (Lipinski definition) is 2. The van der Waals surface area contributed by atoms with Crippen molar-refractivity contribution >= 4 is 52.0 Å². The van der Waals surface area contributed by atoms with Crippen LogP contribution in [0.2, 0.25) is 9.36 Å². The van der Waals surface area contributed by atoms with Gasteiger partial charge < -0.3 is 10.6 Å². The van der Waals surface area contributed by atoms with E-state index in [0.717, 1.165) is 21.3 Å². The number of carbonyl (C=O) groups is 2. The summed E-state index contributed by atoms with van der Waals surface area (Å²) in [6, 6.07) is 9.09. The first kappa shape index (κ1) is 20.7. The van der Waals surface area contributed by atoms with Crippen LogP contribution in [0.1, 0.15) is 17.4 Å². The fourth-order valence-electron chi connectivity index (χ4n) is 2.31. The van der Waals surface area contributed by atoms with Crippen LogP contribution < -0.4 is 10.6 Å². The van der Waals surface area contributed by atoms with Gasteiger partial charge in [0.1, 0.15) is 0 Å². The summed E-state index contributed by atoms with van der Waals surface area (Å²) in [6.45, 7) is 5.30. The molecule has 0 fully saturated rings. The van der Waals surface area contributed by atoms with Gasteiger partial charge >= 0.3 is 0 Å². The van der Waals surface area contributed by atoms with Crippen LogP contribution in [0.15, 0.2) is 30.3 Å². The van der Waals surface area contributed by atoms with Crippen molar-refractivity contribution in [2.45, 2.75) is 20.4 Å². The number of thiophene rings is 1. The summed E-state index contributed by atoms with van der Waals surface area (Å²) in [5, 5.41) is 5.98. The van der Waals surface area contributed by atoms with E-state index in [9.17, 15) is 9.59 Å². The lowest BCUT2D eigenvalue weighted by Crippen LogP contribution is -2.40. The Morgan fingerprint density at radius 2 is 1.92 bits per heavy atom. The van der Waals surface area contributed by atoms with E-state index < -0.39 is 0 Å². The molecular formula is C18H21Cl2N3O2S. The standard InChI is InChI=1S/C18H21Cl2N3O2S/c1-3-23(10-13-7-8-16(20)26-13)11-18(25)21-9-17(24)22-15-6-4-5-14(19)12(15)2/h4-8H,3,9-11H2,1-2H3,(H,21,25)(H,22,24). The monoisotopic (exact) mass is 413 g/mol. The zero-order chi connectivity index (χ0) is 19.1. The molecule has 2 rings (SSSR count). The molecule has 0 aliphatic rings. The van der Waals surface area contributed by atoms with Gasteiger partial charge in [0.2, 0.25) is 11.8 Å². The number of amides is 2. The second-order valence-electron chi connectivity index (χ2n) is 5.75. The van der Waals surface area contributed by atoms with Crippen LogP contribution in [-0.2, 0) is 16.1 Å². The van der Waals surface area contributed by atoms with E-state index in [4.69, 9.17) is 23.2 Å². The smallest absolute Gasteiger partial charge is 0.243 e. The summed E-state index contributed by atoms with van der Waals surface area (Å²) in [7, 11) is 0. The van der Waals surface area contributed by atoms with Gasteiger partial charge in [-0.1, -0.05) is 36.2 Å². The zero-order valence-corrected chi connectivity index (χ0v) is 17.0. The second kappa shape index (κ2) is 9.92. The SMILES string of the molecule is CCN(CC(=O)NCC(=O)Nc1cccc(Cl)c1C)Cc1ccc(Cl)s1. The lowest BCUT2D eigenvalue weighted by molar-refractivity contribution is -0.125. The molecular weight excluding hydrogens is 393 g/mol. The van der Waals surface area contributed by atoms with Crippen molar-refractivity contribution < 1.29 is 9.59 Å². The highest BCUT2D eigenvalue weighted by Crippen LogP contribution is 2.23. The van der Waals surface area contributed by atoms with Crippen LogP contribution in [0.25, 0.3) is 0 Å². The molecule has 26 heavy (non-hydrogen) atoms. The molecule has 8 heteroatoms. The van der Waals surface area contributed by atoms with Crippen molar-refractivity contribution in [1.82, 2.24) is 10.2 Å². The van der Waals surface area contributed by atoms with E-state index in [2.05, 4.69) is 10.6 Å². The number of halogens is 2. The largest absolute Gasteiger partial charge is 0.346 e. The lowest BCUT2D eigenvalue weighted by Gasteiger charge is -2.19. The minimum atomic E-state index is -0.295. The summed E-state index contributed by atoms with van der Waals surface area (Å²) in [6.07, 6.45) is 0. The average molecular weight is 414 g/mol. The molecule has 0 spiro atoms. The summed E-state index contributed by atoms with van der Waals surface area (Å²) >= 11 is 13.5. The molecule has 0 radical (unpaired) electrons. The Kier molecular flexibility index (Phi) is 7.90. The Bertz CT molecular complexity index is 780. The molecule has 140 valence electrons. The molecule has 5 nitrogen and oxygen atoms in total. The van der Waals surface area contributed by atoms with E-state index in [-0.39, 0.29) is 24.9 Å². The molecule has 0 atom stereocenters. The highest BCUT2D eigenvalue weighted by atomic mass is 35.5.